The second-order valence-corrected chi connectivity index (χ2v) is 6.40. The van der Waals surface area contributed by atoms with Gasteiger partial charge in [-0.05, 0) is 65.8 Å². The van der Waals surface area contributed by atoms with E-state index in [1.54, 1.807) is 12.7 Å². The molecule has 2 aromatic carbocycles. The molecule has 2 aromatic rings. The first-order valence-electron chi connectivity index (χ1n) is 8.30. The third-order valence-corrected chi connectivity index (χ3v) is 5.32. The van der Waals surface area contributed by atoms with E-state index in [9.17, 15) is 0 Å². The van der Waals surface area contributed by atoms with Crippen molar-refractivity contribution in [3.8, 4) is 5.75 Å². The lowest BCUT2D eigenvalue weighted by atomic mass is 9.87. The number of methoxy groups -OCH3 is 1. The molecule has 0 spiro atoms. The number of hydrogen-bond donors (Lipinski definition) is 0. The topological polar surface area (TPSA) is 12.5 Å². The van der Waals surface area contributed by atoms with E-state index in [2.05, 4.69) is 48.2 Å². The Balaban J connectivity index is 1.92. The van der Waals surface area contributed by atoms with Crippen LogP contribution in [-0.2, 0) is 19.3 Å². The Hall–Kier alpha value is -1.80. The maximum atomic E-state index is 5.55. The van der Waals surface area contributed by atoms with Crippen LogP contribution in [0.5, 0.6) is 5.75 Å². The predicted octanol–water partition coefficient (Wildman–Crippen LogP) is 3.76. The van der Waals surface area contributed by atoms with Crippen LogP contribution in [0.25, 0.3) is 0 Å². The fourth-order valence-electron chi connectivity index (χ4n) is 4.20. The smallest absolute Gasteiger partial charge is 0.119 e. The molecule has 114 valence electrons. The highest BCUT2D eigenvalue weighted by Crippen LogP contribution is 2.40. The van der Waals surface area contributed by atoms with E-state index in [0.717, 1.165) is 38.1 Å². The summed E-state index contributed by atoms with van der Waals surface area (Å²) in [5, 5.41) is 0. The number of rotatable bonds is 2. The average Bonchev–Trinajstić information content (AvgIpc) is 2.72. The third-order valence-electron chi connectivity index (χ3n) is 5.32. The quantitative estimate of drug-likeness (QED) is 0.836. The first kappa shape index (κ1) is 13.8. The summed E-state index contributed by atoms with van der Waals surface area (Å²) in [6.45, 7) is 4.56. The van der Waals surface area contributed by atoms with E-state index < -0.39 is 0 Å². The van der Waals surface area contributed by atoms with Crippen molar-refractivity contribution < 1.29 is 4.74 Å². The van der Waals surface area contributed by atoms with Crippen molar-refractivity contribution >= 4 is 0 Å². The zero-order valence-corrected chi connectivity index (χ0v) is 13.4. The van der Waals surface area contributed by atoms with Gasteiger partial charge >= 0.3 is 0 Å². The van der Waals surface area contributed by atoms with Gasteiger partial charge in [-0.25, -0.2) is 0 Å². The highest BCUT2D eigenvalue weighted by atomic mass is 16.5. The summed E-state index contributed by atoms with van der Waals surface area (Å²) in [7, 11) is 1.78. The van der Waals surface area contributed by atoms with E-state index in [0.29, 0.717) is 6.04 Å². The molecule has 22 heavy (non-hydrogen) atoms. The Morgan fingerprint density at radius 1 is 1.09 bits per heavy atom. The first-order valence-corrected chi connectivity index (χ1v) is 8.30. The normalized spacial score (nSPS) is 20.0. The lowest BCUT2D eigenvalue weighted by Gasteiger charge is -2.37. The summed E-state index contributed by atoms with van der Waals surface area (Å²) >= 11 is 0. The molecule has 0 aromatic heterocycles. The molecular formula is C20H23NO. The lowest BCUT2D eigenvalue weighted by molar-refractivity contribution is 0.193. The van der Waals surface area contributed by atoms with Crippen molar-refractivity contribution in [1.29, 1.82) is 0 Å². The van der Waals surface area contributed by atoms with Crippen LogP contribution in [0, 0.1) is 0 Å². The van der Waals surface area contributed by atoms with Crippen LogP contribution in [0.4, 0.5) is 0 Å². The van der Waals surface area contributed by atoms with Gasteiger partial charge in [-0.1, -0.05) is 31.2 Å². The van der Waals surface area contributed by atoms with Crippen LogP contribution >= 0.6 is 0 Å². The summed E-state index contributed by atoms with van der Waals surface area (Å²) in [4.78, 5) is 2.64. The van der Waals surface area contributed by atoms with Crippen molar-refractivity contribution in [2.24, 2.45) is 0 Å². The molecule has 1 heterocycles. The fourth-order valence-corrected chi connectivity index (χ4v) is 4.20. The van der Waals surface area contributed by atoms with Crippen LogP contribution in [0.2, 0.25) is 0 Å². The van der Waals surface area contributed by atoms with Crippen LogP contribution in [-0.4, -0.2) is 25.1 Å². The maximum absolute atomic E-state index is 5.55. The minimum Gasteiger partial charge on any atom is -0.497 e. The SMILES string of the molecule is CCN1CCc2cc(OC)cc3c2C1Cc1ccccc1C3. The molecule has 1 aliphatic heterocycles. The van der Waals surface area contributed by atoms with Crippen molar-refractivity contribution in [1.82, 2.24) is 4.90 Å². The highest BCUT2D eigenvalue weighted by Gasteiger charge is 2.32. The van der Waals surface area contributed by atoms with E-state index in [-0.39, 0.29) is 0 Å². The zero-order valence-electron chi connectivity index (χ0n) is 13.4. The predicted molar refractivity (Wildman–Crippen MR) is 89.6 cm³/mol. The average molecular weight is 293 g/mol. The summed E-state index contributed by atoms with van der Waals surface area (Å²) in [5.41, 5.74) is 7.52. The Morgan fingerprint density at radius 2 is 1.86 bits per heavy atom. The number of fused-ring (bicyclic) bond motifs is 1. The standard InChI is InChI=1S/C20H23NO/c1-3-21-9-8-16-11-18(22-2)12-17-10-14-6-4-5-7-15(14)13-19(21)20(16)17/h4-7,11-12,19H,3,8-10,13H2,1-2H3. The third kappa shape index (κ3) is 2.14. The fraction of sp³-hybridized carbons (Fsp3) is 0.400. The largest absolute Gasteiger partial charge is 0.497 e. The zero-order chi connectivity index (χ0) is 15.1. The molecule has 0 radical (unpaired) electrons. The van der Waals surface area contributed by atoms with Crippen LogP contribution in [0.15, 0.2) is 36.4 Å². The van der Waals surface area contributed by atoms with Gasteiger partial charge in [-0.3, -0.25) is 4.90 Å². The summed E-state index contributed by atoms with van der Waals surface area (Å²) < 4.78 is 5.55. The Bertz CT molecular complexity index is 707. The molecule has 0 saturated carbocycles. The molecule has 1 aliphatic carbocycles. The van der Waals surface area contributed by atoms with Gasteiger partial charge < -0.3 is 4.74 Å². The first-order chi connectivity index (χ1) is 10.8. The second kappa shape index (κ2) is 5.44. The molecule has 1 atom stereocenters. The van der Waals surface area contributed by atoms with Gasteiger partial charge in [0.25, 0.3) is 0 Å². The molecule has 0 N–H and O–H groups in total. The van der Waals surface area contributed by atoms with Gasteiger partial charge in [0, 0.05) is 12.6 Å². The number of ether oxygens (including phenoxy) is 1. The molecule has 0 saturated heterocycles. The van der Waals surface area contributed by atoms with Crippen LogP contribution in [0.1, 0.15) is 40.8 Å². The monoisotopic (exact) mass is 293 g/mol. The molecule has 4 rings (SSSR count). The molecule has 2 heteroatoms. The molecule has 1 unspecified atom stereocenters. The van der Waals surface area contributed by atoms with Crippen molar-refractivity contribution in [2.45, 2.75) is 32.2 Å². The molecule has 2 nitrogen and oxygen atoms in total. The lowest BCUT2D eigenvalue weighted by Crippen LogP contribution is -2.36. The number of benzene rings is 2. The molecule has 0 bridgehead atoms. The molecule has 2 aliphatic rings. The Kier molecular flexibility index (Phi) is 3.42. The van der Waals surface area contributed by atoms with E-state index in [4.69, 9.17) is 4.74 Å². The maximum Gasteiger partial charge on any atom is 0.119 e. The van der Waals surface area contributed by atoms with E-state index in [1.807, 2.05) is 0 Å². The van der Waals surface area contributed by atoms with Crippen LogP contribution < -0.4 is 4.74 Å². The number of nitrogens with zero attached hydrogens (tertiary/aromatic N) is 1. The van der Waals surface area contributed by atoms with Gasteiger partial charge in [0.2, 0.25) is 0 Å². The van der Waals surface area contributed by atoms with E-state index in [1.165, 1.54) is 22.3 Å². The van der Waals surface area contributed by atoms with Crippen molar-refractivity contribution in [3.63, 3.8) is 0 Å². The van der Waals surface area contributed by atoms with Gasteiger partial charge in [-0.15, -0.1) is 0 Å². The van der Waals surface area contributed by atoms with Crippen LogP contribution in [0.3, 0.4) is 0 Å². The van der Waals surface area contributed by atoms with Crippen molar-refractivity contribution in [3.05, 3.63) is 64.2 Å². The summed E-state index contributed by atoms with van der Waals surface area (Å²) in [6, 6.07) is 14.0. The van der Waals surface area contributed by atoms with Crippen molar-refractivity contribution in [2.75, 3.05) is 20.2 Å². The summed E-state index contributed by atoms with van der Waals surface area (Å²) in [5.74, 6) is 1.01. The van der Waals surface area contributed by atoms with E-state index >= 15 is 0 Å². The Labute approximate surface area is 132 Å². The minimum atomic E-state index is 0.526. The highest BCUT2D eigenvalue weighted by molar-refractivity contribution is 5.50. The van der Waals surface area contributed by atoms with Gasteiger partial charge in [0.1, 0.15) is 5.75 Å². The molecular weight excluding hydrogens is 270 g/mol. The molecule has 0 fully saturated rings. The second-order valence-electron chi connectivity index (χ2n) is 6.40. The van der Waals surface area contributed by atoms with Gasteiger partial charge in [0.05, 0.1) is 7.11 Å². The number of hydrogen-bond acceptors (Lipinski definition) is 2. The van der Waals surface area contributed by atoms with Gasteiger partial charge in [-0.2, -0.15) is 0 Å². The minimum absolute atomic E-state index is 0.526. The Morgan fingerprint density at radius 3 is 2.64 bits per heavy atom. The summed E-state index contributed by atoms with van der Waals surface area (Å²) in [6.07, 6.45) is 3.31. The molecule has 0 amide bonds. The van der Waals surface area contributed by atoms with Gasteiger partial charge in [0.15, 0.2) is 0 Å². The number of likely N-dealkylation sites (N-methyl/N-ethyl adjacent to an activating group) is 1.